The molecule has 1 aromatic rings. The first-order chi connectivity index (χ1) is 8.09. The van der Waals surface area contributed by atoms with Crippen molar-refractivity contribution in [1.82, 2.24) is 4.31 Å². The van der Waals surface area contributed by atoms with Crippen molar-refractivity contribution < 1.29 is 8.42 Å². The fraction of sp³-hybridized carbons (Fsp3) is 0.417. The summed E-state index contributed by atoms with van der Waals surface area (Å²) in [6, 6.07) is 8.21. The summed E-state index contributed by atoms with van der Waals surface area (Å²) in [5, 5.41) is 8.68. The average molecular weight is 250 g/mol. The third-order valence-corrected chi connectivity index (χ3v) is 4.90. The molecule has 0 N–H and O–H groups in total. The molecule has 1 aliphatic rings. The molecule has 1 aliphatic carbocycles. The third kappa shape index (κ3) is 2.33. The quantitative estimate of drug-likeness (QED) is 0.817. The maximum absolute atomic E-state index is 12.3. The van der Waals surface area contributed by atoms with Crippen LogP contribution in [-0.2, 0) is 10.0 Å². The SMILES string of the molecule is CCN(C1CC1)S(=O)(=O)c1ccc(C#N)cc1. The van der Waals surface area contributed by atoms with E-state index in [9.17, 15) is 8.42 Å². The lowest BCUT2D eigenvalue weighted by molar-refractivity contribution is 0.421. The Labute approximate surface area is 102 Å². The molecule has 0 radical (unpaired) electrons. The van der Waals surface area contributed by atoms with Crippen LogP contribution < -0.4 is 0 Å². The van der Waals surface area contributed by atoms with E-state index in [2.05, 4.69) is 0 Å². The smallest absolute Gasteiger partial charge is 0.207 e. The molecule has 1 saturated carbocycles. The van der Waals surface area contributed by atoms with Gasteiger partial charge in [0.25, 0.3) is 0 Å². The van der Waals surface area contributed by atoms with Crippen LogP contribution in [0.2, 0.25) is 0 Å². The van der Waals surface area contributed by atoms with Crippen LogP contribution in [0.1, 0.15) is 25.3 Å². The Balaban J connectivity index is 2.33. The zero-order valence-electron chi connectivity index (χ0n) is 9.63. The Bertz CT molecular complexity index is 539. The molecule has 0 saturated heterocycles. The molecule has 2 rings (SSSR count). The van der Waals surface area contributed by atoms with Gasteiger partial charge in [-0.05, 0) is 37.1 Å². The highest BCUT2D eigenvalue weighted by molar-refractivity contribution is 7.89. The molecule has 1 aromatic carbocycles. The van der Waals surface area contributed by atoms with Crippen LogP contribution in [0.3, 0.4) is 0 Å². The minimum absolute atomic E-state index is 0.167. The van der Waals surface area contributed by atoms with Gasteiger partial charge in [-0.1, -0.05) is 6.92 Å². The van der Waals surface area contributed by atoms with Gasteiger partial charge >= 0.3 is 0 Å². The van der Waals surface area contributed by atoms with Gasteiger partial charge < -0.3 is 0 Å². The standard InChI is InChI=1S/C12H14N2O2S/c1-2-14(11-5-6-11)17(15,16)12-7-3-10(9-13)4-8-12/h3-4,7-8,11H,2,5-6H2,1H3. The Morgan fingerprint density at radius 3 is 2.35 bits per heavy atom. The van der Waals surface area contributed by atoms with E-state index in [1.165, 1.54) is 28.6 Å². The Morgan fingerprint density at radius 1 is 1.35 bits per heavy atom. The Morgan fingerprint density at radius 2 is 1.94 bits per heavy atom. The summed E-state index contributed by atoms with van der Waals surface area (Å²) in [6.07, 6.45) is 1.90. The molecule has 0 unspecified atom stereocenters. The molecule has 0 atom stereocenters. The van der Waals surface area contributed by atoms with Crippen molar-refractivity contribution >= 4 is 10.0 Å². The monoisotopic (exact) mass is 250 g/mol. The highest BCUT2D eigenvalue weighted by Gasteiger charge is 2.36. The predicted octanol–water partition coefficient (Wildman–Crippen LogP) is 1.73. The molecule has 0 bridgehead atoms. The number of benzene rings is 1. The van der Waals surface area contributed by atoms with Crippen molar-refractivity contribution in [3.05, 3.63) is 29.8 Å². The van der Waals surface area contributed by atoms with Gasteiger partial charge in [-0.3, -0.25) is 0 Å². The third-order valence-electron chi connectivity index (χ3n) is 2.86. The highest BCUT2D eigenvalue weighted by Crippen LogP contribution is 2.31. The van der Waals surface area contributed by atoms with Crippen molar-refractivity contribution in [2.45, 2.75) is 30.7 Å². The number of sulfonamides is 1. The zero-order chi connectivity index (χ0) is 12.5. The number of hydrogen-bond donors (Lipinski definition) is 0. The zero-order valence-corrected chi connectivity index (χ0v) is 10.4. The number of nitriles is 1. The van der Waals surface area contributed by atoms with E-state index in [0.29, 0.717) is 12.1 Å². The molecule has 0 aliphatic heterocycles. The highest BCUT2D eigenvalue weighted by atomic mass is 32.2. The predicted molar refractivity (Wildman–Crippen MR) is 63.7 cm³/mol. The van der Waals surface area contributed by atoms with Crippen LogP contribution in [0, 0.1) is 11.3 Å². The Kier molecular flexibility index (Phi) is 3.18. The van der Waals surface area contributed by atoms with Crippen molar-refractivity contribution in [2.24, 2.45) is 0 Å². The van der Waals surface area contributed by atoms with Gasteiger partial charge in [-0.2, -0.15) is 9.57 Å². The van der Waals surface area contributed by atoms with Gasteiger partial charge in [0.1, 0.15) is 0 Å². The fourth-order valence-corrected chi connectivity index (χ4v) is 3.52. The normalized spacial score (nSPS) is 15.8. The second-order valence-electron chi connectivity index (χ2n) is 4.08. The van der Waals surface area contributed by atoms with Gasteiger partial charge in [0.2, 0.25) is 10.0 Å². The lowest BCUT2D eigenvalue weighted by atomic mass is 10.2. The summed E-state index contributed by atoms with van der Waals surface area (Å²) in [5.41, 5.74) is 0.471. The Hall–Kier alpha value is -1.38. The van der Waals surface area contributed by atoms with Crippen LogP contribution in [0.5, 0.6) is 0 Å². The van der Waals surface area contributed by atoms with Crippen molar-refractivity contribution in [3.63, 3.8) is 0 Å². The molecule has 90 valence electrons. The molecule has 0 spiro atoms. The maximum atomic E-state index is 12.3. The summed E-state index contributed by atoms with van der Waals surface area (Å²) in [6.45, 7) is 2.34. The first-order valence-electron chi connectivity index (χ1n) is 5.61. The molecule has 5 heteroatoms. The van der Waals surface area contributed by atoms with Gasteiger partial charge in [0.05, 0.1) is 16.5 Å². The number of nitrogens with zero attached hydrogens (tertiary/aromatic N) is 2. The summed E-state index contributed by atoms with van der Waals surface area (Å²) in [5.74, 6) is 0. The molecule has 4 nitrogen and oxygen atoms in total. The fourth-order valence-electron chi connectivity index (χ4n) is 1.82. The molecule has 0 amide bonds. The first-order valence-corrected chi connectivity index (χ1v) is 7.05. The van der Waals surface area contributed by atoms with E-state index in [4.69, 9.17) is 5.26 Å². The maximum Gasteiger partial charge on any atom is 0.243 e. The van der Waals surface area contributed by atoms with Gasteiger partial charge in [-0.25, -0.2) is 8.42 Å². The molecule has 1 fully saturated rings. The van der Waals surface area contributed by atoms with E-state index in [1.54, 1.807) is 0 Å². The van der Waals surface area contributed by atoms with Crippen LogP contribution in [0.25, 0.3) is 0 Å². The van der Waals surface area contributed by atoms with E-state index >= 15 is 0 Å². The summed E-state index contributed by atoms with van der Waals surface area (Å²) < 4.78 is 26.1. The minimum atomic E-state index is -3.39. The van der Waals surface area contributed by atoms with Gasteiger partial charge in [-0.15, -0.1) is 0 Å². The average Bonchev–Trinajstić information content (AvgIpc) is 3.14. The van der Waals surface area contributed by atoms with Gasteiger partial charge in [0.15, 0.2) is 0 Å². The lowest BCUT2D eigenvalue weighted by Gasteiger charge is -2.19. The second kappa shape index (κ2) is 4.47. The largest absolute Gasteiger partial charge is 0.243 e. The van der Waals surface area contributed by atoms with Crippen LogP contribution in [-0.4, -0.2) is 25.3 Å². The number of hydrogen-bond acceptors (Lipinski definition) is 3. The second-order valence-corrected chi connectivity index (χ2v) is 5.97. The molecule has 17 heavy (non-hydrogen) atoms. The van der Waals surface area contributed by atoms with Crippen molar-refractivity contribution in [2.75, 3.05) is 6.54 Å². The number of rotatable bonds is 4. The lowest BCUT2D eigenvalue weighted by Crippen LogP contribution is -2.32. The van der Waals surface area contributed by atoms with Crippen LogP contribution in [0.15, 0.2) is 29.2 Å². The topological polar surface area (TPSA) is 61.2 Å². The van der Waals surface area contributed by atoms with E-state index in [1.807, 2.05) is 13.0 Å². The minimum Gasteiger partial charge on any atom is -0.207 e. The first kappa shape index (κ1) is 12.1. The molecule has 0 aromatic heterocycles. The van der Waals surface area contributed by atoms with E-state index in [-0.39, 0.29) is 10.9 Å². The van der Waals surface area contributed by atoms with E-state index in [0.717, 1.165) is 12.8 Å². The summed E-state index contributed by atoms with van der Waals surface area (Å²) >= 11 is 0. The van der Waals surface area contributed by atoms with Crippen molar-refractivity contribution in [1.29, 1.82) is 5.26 Å². The summed E-state index contributed by atoms with van der Waals surface area (Å²) in [7, 11) is -3.39. The molecule has 0 heterocycles. The molecular weight excluding hydrogens is 236 g/mol. The van der Waals surface area contributed by atoms with Crippen LogP contribution >= 0.6 is 0 Å². The molecular formula is C12H14N2O2S. The van der Waals surface area contributed by atoms with Crippen molar-refractivity contribution in [3.8, 4) is 6.07 Å². The van der Waals surface area contributed by atoms with Gasteiger partial charge in [0, 0.05) is 12.6 Å². The summed E-state index contributed by atoms with van der Waals surface area (Å²) in [4.78, 5) is 0.269. The van der Waals surface area contributed by atoms with Crippen LogP contribution in [0.4, 0.5) is 0 Å². The van der Waals surface area contributed by atoms with E-state index < -0.39 is 10.0 Å².